The Kier molecular flexibility index (Phi) is 5.58. The molecule has 0 aliphatic heterocycles. The molecule has 1 aliphatic carbocycles. The van der Waals surface area contributed by atoms with Crippen LogP contribution in [0.3, 0.4) is 0 Å². The summed E-state index contributed by atoms with van der Waals surface area (Å²) in [6.45, 7) is 1.58. The molecule has 1 amide bonds. The first kappa shape index (κ1) is 17.7. The molecule has 5 nitrogen and oxygen atoms in total. The first-order chi connectivity index (χ1) is 12.0. The number of hydrogen-bond acceptors (Lipinski definition) is 4. The van der Waals surface area contributed by atoms with Gasteiger partial charge in [0.05, 0.1) is 6.04 Å². The molecule has 0 radical (unpaired) electrons. The number of benzene rings is 1. The number of ether oxygens (including phenoxy) is 1. The smallest absolute Gasteiger partial charge is 0.374 e. The second-order valence-corrected chi connectivity index (χ2v) is 6.99. The van der Waals surface area contributed by atoms with Crippen LogP contribution in [0.5, 0.6) is 0 Å². The van der Waals surface area contributed by atoms with E-state index in [-0.39, 0.29) is 24.3 Å². The standard InChI is InChI=1S/C19H20BrNO4/c1-12(14-7-6-13-4-2-3-5-15(13)10-14)21-18(22)11-24-19(23)16-8-9-17(20)25-16/h6-10,12H,2-5,11H2,1H3,(H,21,22). The van der Waals surface area contributed by atoms with Gasteiger partial charge in [-0.2, -0.15) is 0 Å². The minimum Gasteiger partial charge on any atom is -0.450 e. The summed E-state index contributed by atoms with van der Waals surface area (Å²) in [5, 5.41) is 2.86. The molecule has 1 unspecified atom stereocenters. The quantitative estimate of drug-likeness (QED) is 0.764. The van der Waals surface area contributed by atoms with E-state index in [1.165, 1.54) is 30.0 Å². The SMILES string of the molecule is CC(NC(=O)COC(=O)c1ccc(Br)o1)c1ccc2c(c1)CCCC2. The third-order valence-corrected chi connectivity index (χ3v) is 4.78. The number of fused-ring (bicyclic) bond motifs is 1. The molecule has 0 saturated carbocycles. The third-order valence-electron chi connectivity index (χ3n) is 4.36. The van der Waals surface area contributed by atoms with Gasteiger partial charge in [-0.1, -0.05) is 18.2 Å². The number of rotatable bonds is 5. The van der Waals surface area contributed by atoms with Crippen LogP contribution in [-0.2, 0) is 22.4 Å². The van der Waals surface area contributed by atoms with Gasteiger partial charge in [0.15, 0.2) is 11.3 Å². The third kappa shape index (κ3) is 4.51. The number of carbonyl (C=O) groups is 2. The van der Waals surface area contributed by atoms with Crippen molar-refractivity contribution in [2.75, 3.05) is 6.61 Å². The maximum atomic E-state index is 12.0. The summed E-state index contributed by atoms with van der Waals surface area (Å²) >= 11 is 3.11. The Morgan fingerprint density at radius 1 is 1.20 bits per heavy atom. The van der Waals surface area contributed by atoms with Gasteiger partial charge in [-0.15, -0.1) is 0 Å². The van der Waals surface area contributed by atoms with Crippen molar-refractivity contribution in [3.63, 3.8) is 0 Å². The molecule has 1 heterocycles. The Labute approximate surface area is 154 Å². The molecule has 1 atom stereocenters. The number of furan rings is 1. The van der Waals surface area contributed by atoms with Crippen LogP contribution in [0.15, 0.2) is 39.4 Å². The van der Waals surface area contributed by atoms with Crippen LogP contribution < -0.4 is 5.32 Å². The molecule has 3 rings (SSSR count). The highest BCUT2D eigenvalue weighted by Gasteiger charge is 2.17. The van der Waals surface area contributed by atoms with Gasteiger partial charge in [-0.25, -0.2) is 4.79 Å². The summed E-state index contributed by atoms with van der Waals surface area (Å²) in [6.07, 6.45) is 4.70. The summed E-state index contributed by atoms with van der Waals surface area (Å²) in [4.78, 5) is 23.8. The lowest BCUT2D eigenvalue weighted by molar-refractivity contribution is -0.124. The lowest BCUT2D eigenvalue weighted by atomic mass is 9.89. The van der Waals surface area contributed by atoms with E-state index >= 15 is 0 Å². The Morgan fingerprint density at radius 3 is 2.68 bits per heavy atom. The predicted octanol–water partition coefficient (Wildman–Crippen LogP) is 3.96. The van der Waals surface area contributed by atoms with Crippen LogP contribution in [0.2, 0.25) is 0 Å². The minimum atomic E-state index is -0.665. The molecule has 132 valence electrons. The Bertz CT molecular complexity index is 783. The second-order valence-electron chi connectivity index (χ2n) is 6.20. The van der Waals surface area contributed by atoms with Crippen molar-refractivity contribution < 1.29 is 18.7 Å². The van der Waals surface area contributed by atoms with Crippen LogP contribution in [-0.4, -0.2) is 18.5 Å². The fourth-order valence-electron chi connectivity index (χ4n) is 3.02. The molecule has 1 aromatic carbocycles. The Morgan fingerprint density at radius 2 is 1.96 bits per heavy atom. The van der Waals surface area contributed by atoms with Crippen molar-refractivity contribution in [1.82, 2.24) is 5.32 Å². The number of esters is 1. The van der Waals surface area contributed by atoms with E-state index in [1.54, 1.807) is 6.07 Å². The summed E-state index contributed by atoms with van der Waals surface area (Å²) in [7, 11) is 0. The van der Waals surface area contributed by atoms with Crippen molar-refractivity contribution in [3.05, 3.63) is 57.5 Å². The van der Waals surface area contributed by atoms with E-state index < -0.39 is 5.97 Å². The maximum absolute atomic E-state index is 12.0. The van der Waals surface area contributed by atoms with E-state index in [4.69, 9.17) is 9.15 Å². The molecular formula is C19H20BrNO4. The average molecular weight is 406 g/mol. The number of hydrogen-bond donors (Lipinski definition) is 1. The number of halogens is 1. The molecule has 25 heavy (non-hydrogen) atoms. The molecule has 0 fully saturated rings. The van der Waals surface area contributed by atoms with Crippen molar-refractivity contribution in [2.45, 2.75) is 38.6 Å². The normalized spacial score (nSPS) is 14.5. The van der Waals surface area contributed by atoms with Crippen LogP contribution in [0, 0.1) is 0 Å². The fraction of sp³-hybridized carbons (Fsp3) is 0.368. The number of aryl methyl sites for hydroxylation is 2. The molecule has 2 aromatic rings. The highest BCUT2D eigenvalue weighted by molar-refractivity contribution is 9.10. The maximum Gasteiger partial charge on any atom is 0.374 e. The first-order valence-corrected chi connectivity index (χ1v) is 9.16. The lowest BCUT2D eigenvalue weighted by Gasteiger charge is -2.20. The zero-order valence-electron chi connectivity index (χ0n) is 14.0. The van der Waals surface area contributed by atoms with Gasteiger partial charge < -0.3 is 14.5 Å². The van der Waals surface area contributed by atoms with E-state index in [0.717, 1.165) is 18.4 Å². The van der Waals surface area contributed by atoms with E-state index in [1.807, 2.05) is 6.92 Å². The van der Waals surface area contributed by atoms with Crippen molar-refractivity contribution in [1.29, 1.82) is 0 Å². The number of nitrogens with one attached hydrogen (secondary N) is 1. The van der Waals surface area contributed by atoms with Crippen molar-refractivity contribution >= 4 is 27.8 Å². The summed E-state index contributed by atoms with van der Waals surface area (Å²) in [6, 6.07) is 9.32. The zero-order valence-corrected chi connectivity index (χ0v) is 15.6. The molecule has 0 bridgehead atoms. The topological polar surface area (TPSA) is 68.5 Å². The summed E-state index contributed by atoms with van der Waals surface area (Å²) in [5.41, 5.74) is 3.85. The molecule has 1 N–H and O–H groups in total. The number of carbonyl (C=O) groups excluding carboxylic acids is 2. The molecule has 1 aliphatic rings. The van der Waals surface area contributed by atoms with Gasteiger partial charge in [-0.3, -0.25) is 4.79 Å². The summed E-state index contributed by atoms with van der Waals surface area (Å²) in [5.74, 6) is -0.950. The molecule has 1 aromatic heterocycles. The minimum absolute atomic E-state index is 0.0578. The van der Waals surface area contributed by atoms with Gasteiger partial charge in [0.2, 0.25) is 5.76 Å². The van der Waals surface area contributed by atoms with Gasteiger partial charge in [0.25, 0.3) is 5.91 Å². The monoisotopic (exact) mass is 405 g/mol. The van der Waals surface area contributed by atoms with E-state index in [9.17, 15) is 9.59 Å². The second kappa shape index (κ2) is 7.87. The van der Waals surface area contributed by atoms with Gasteiger partial charge in [0, 0.05) is 0 Å². The zero-order chi connectivity index (χ0) is 17.8. The highest BCUT2D eigenvalue weighted by Crippen LogP contribution is 2.24. The molecule has 6 heteroatoms. The van der Waals surface area contributed by atoms with Gasteiger partial charge in [-0.05, 0) is 77.4 Å². The summed E-state index contributed by atoms with van der Waals surface area (Å²) < 4.78 is 10.5. The molecule has 0 saturated heterocycles. The predicted molar refractivity (Wildman–Crippen MR) is 96.3 cm³/mol. The molecule has 0 spiro atoms. The van der Waals surface area contributed by atoms with Crippen LogP contribution in [0.4, 0.5) is 0 Å². The van der Waals surface area contributed by atoms with Gasteiger partial charge in [0.1, 0.15) is 0 Å². The van der Waals surface area contributed by atoms with Crippen LogP contribution in [0.25, 0.3) is 0 Å². The van der Waals surface area contributed by atoms with Crippen LogP contribution >= 0.6 is 15.9 Å². The van der Waals surface area contributed by atoms with Crippen molar-refractivity contribution in [2.24, 2.45) is 0 Å². The highest BCUT2D eigenvalue weighted by atomic mass is 79.9. The lowest BCUT2D eigenvalue weighted by Crippen LogP contribution is -2.31. The van der Waals surface area contributed by atoms with Gasteiger partial charge >= 0.3 is 5.97 Å². The Hall–Kier alpha value is -2.08. The van der Waals surface area contributed by atoms with Crippen molar-refractivity contribution in [3.8, 4) is 0 Å². The number of amides is 1. The van der Waals surface area contributed by atoms with E-state index in [0.29, 0.717) is 4.67 Å². The van der Waals surface area contributed by atoms with E-state index in [2.05, 4.69) is 39.4 Å². The average Bonchev–Trinajstić information content (AvgIpc) is 3.05. The van der Waals surface area contributed by atoms with Crippen LogP contribution in [0.1, 0.15) is 53.1 Å². The Balaban J connectivity index is 1.53. The fourth-order valence-corrected chi connectivity index (χ4v) is 3.32. The first-order valence-electron chi connectivity index (χ1n) is 8.36. The largest absolute Gasteiger partial charge is 0.450 e. The molecular weight excluding hydrogens is 386 g/mol.